The maximum Gasteiger partial charge on any atom is 0.203 e. The van der Waals surface area contributed by atoms with Gasteiger partial charge in [-0.3, -0.25) is 0 Å². The largest absolute Gasteiger partial charge is 0.493 e. The lowest BCUT2D eigenvalue weighted by Gasteiger charge is -2.27. The third-order valence-corrected chi connectivity index (χ3v) is 3.16. The summed E-state index contributed by atoms with van der Waals surface area (Å²) in [6.45, 7) is 3.87. The fourth-order valence-electron chi connectivity index (χ4n) is 2.25. The van der Waals surface area contributed by atoms with Gasteiger partial charge in [0.15, 0.2) is 11.5 Å². The number of benzene rings is 1. The first kappa shape index (κ1) is 15.9. The van der Waals surface area contributed by atoms with E-state index in [9.17, 15) is 0 Å². The first-order valence-corrected chi connectivity index (χ1v) is 6.40. The molecule has 0 radical (unpaired) electrons. The maximum atomic E-state index is 5.83. The fraction of sp³-hybridized carbons (Fsp3) is 0.571. The molecule has 108 valence electrons. The molecule has 1 aromatic rings. The van der Waals surface area contributed by atoms with Crippen LogP contribution in [0.3, 0.4) is 0 Å². The van der Waals surface area contributed by atoms with Crippen molar-refractivity contribution in [1.82, 2.24) is 5.32 Å². The van der Waals surface area contributed by atoms with Gasteiger partial charge in [-0.2, -0.15) is 0 Å². The minimum Gasteiger partial charge on any atom is -0.493 e. The Hall–Kier alpha value is -1.13. The highest BCUT2D eigenvalue weighted by Crippen LogP contribution is 2.41. The van der Waals surface area contributed by atoms with Gasteiger partial charge < -0.3 is 19.5 Å². The van der Waals surface area contributed by atoms with E-state index in [0.717, 1.165) is 30.9 Å². The molecule has 5 heteroatoms. The van der Waals surface area contributed by atoms with Crippen LogP contribution in [-0.4, -0.2) is 33.4 Å². The molecule has 0 bridgehead atoms. The molecule has 0 saturated carbocycles. The van der Waals surface area contributed by atoms with Gasteiger partial charge in [-0.15, -0.1) is 12.4 Å². The Bertz CT molecular complexity index is 412. The van der Waals surface area contributed by atoms with E-state index in [1.807, 2.05) is 6.07 Å². The Balaban J connectivity index is 0.00000180. The molecule has 0 aliphatic carbocycles. The number of halogens is 1. The summed E-state index contributed by atoms with van der Waals surface area (Å²) < 4.78 is 16.5. The van der Waals surface area contributed by atoms with Crippen LogP contribution < -0.4 is 19.5 Å². The Morgan fingerprint density at radius 3 is 2.74 bits per heavy atom. The molecule has 0 amide bonds. The van der Waals surface area contributed by atoms with Crippen molar-refractivity contribution in [3.63, 3.8) is 0 Å². The normalized spacial score (nSPS) is 16.9. The average Bonchev–Trinajstić information content (AvgIpc) is 2.43. The highest BCUT2D eigenvalue weighted by atomic mass is 35.5. The summed E-state index contributed by atoms with van der Waals surface area (Å²) in [6.07, 6.45) is 2.10. The van der Waals surface area contributed by atoms with Crippen molar-refractivity contribution in [1.29, 1.82) is 0 Å². The van der Waals surface area contributed by atoms with E-state index >= 15 is 0 Å². The lowest BCUT2D eigenvalue weighted by Crippen LogP contribution is -2.39. The summed E-state index contributed by atoms with van der Waals surface area (Å²) >= 11 is 0. The number of hydrogen-bond donors (Lipinski definition) is 1. The smallest absolute Gasteiger partial charge is 0.203 e. The zero-order chi connectivity index (χ0) is 13.0. The molecule has 1 atom stereocenters. The van der Waals surface area contributed by atoms with E-state index in [-0.39, 0.29) is 12.4 Å². The second-order valence-corrected chi connectivity index (χ2v) is 4.46. The van der Waals surface area contributed by atoms with Gasteiger partial charge in [-0.1, -0.05) is 13.0 Å². The van der Waals surface area contributed by atoms with Crippen LogP contribution in [0.4, 0.5) is 0 Å². The summed E-state index contributed by atoms with van der Waals surface area (Å²) in [4.78, 5) is 0. The number of hydrogen-bond acceptors (Lipinski definition) is 4. The van der Waals surface area contributed by atoms with Gasteiger partial charge in [0.25, 0.3) is 0 Å². The highest BCUT2D eigenvalue weighted by Gasteiger charge is 2.24. The molecule has 19 heavy (non-hydrogen) atoms. The van der Waals surface area contributed by atoms with Crippen LogP contribution in [0.15, 0.2) is 12.1 Å². The van der Waals surface area contributed by atoms with Gasteiger partial charge in [0.05, 0.1) is 14.2 Å². The predicted molar refractivity (Wildman–Crippen MR) is 78.1 cm³/mol. The lowest BCUT2D eigenvalue weighted by atomic mass is 10.0. The zero-order valence-electron chi connectivity index (χ0n) is 11.7. The van der Waals surface area contributed by atoms with Crippen LogP contribution in [0.25, 0.3) is 0 Å². The van der Waals surface area contributed by atoms with Crippen molar-refractivity contribution in [2.45, 2.75) is 25.8 Å². The predicted octanol–water partition coefficient (Wildman–Crippen LogP) is 2.43. The van der Waals surface area contributed by atoms with Crippen LogP contribution in [0.5, 0.6) is 17.2 Å². The molecule has 0 spiro atoms. The fourth-order valence-corrected chi connectivity index (χ4v) is 2.25. The molecule has 0 aromatic heterocycles. The molecule has 0 fully saturated rings. The van der Waals surface area contributed by atoms with Gasteiger partial charge in [-0.05, 0) is 31.0 Å². The first-order chi connectivity index (χ1) is 8.80. The van der Waals surface area contributed by atoms with Crippen molar-refractivity contribution >= 4 is 12.4 Å². The molecule has 0 saturated heterocycles. The summed E-state index contributed by atoms with van der Waals surface area (Å²) in [6, 6.07) is 4.37. The Labute approximate surface area is 120 Å². The molecular weight excluding hydrogens is 266 g/mol. The van der Waals surface area contributed by atoms with Gasteiger partial charge in [0, 0.05) is 6.04 Å². The number of rotatable bonds is 5. The van der Waals surface area contributed by atoms with Crippen LogP contribution in [0.1, 0.15) is 18.9 Å². The van der Waals surface area contributed by atoms with Crippen molar-refractivity contribution in [3.8, 4) is 17.2 Å². The zero-order valence-corrected chi connectivity index (χ0v) is 12.5. The van der Waals surface area contributed by atoms with E-state index < -0.39 is 0 Å². The minimum absolute atomic E-state index is 0. The second-order valence-electron chi connectivity index (χ2n) is 4.46. The molecule has 1 aromatic carbocycles. The highest BCUT2D eigenvalue weighted by molar-refractivity contribution is 5.85. The molecular formula is C14H22ClNO3. The molecule has 2 rings (SSSR count). The van der Waals surface area contributed by atoms with E-state index in [4.69, 9.17) is 14.2 Å². The van der Waals surface area contributed by atoms with Gasteiger partial charge in [0.1, 0.15) is 6.61 Å². The SMILES string of the molecule is CCCNC1COc2c(ccc(OC)c2OC)C1.Cl. The summed E-state index contributed by atoms with van der Waals surface area (Å²) in [5.41, 5.74) is 1.17. The van der Waals surface area contributed by atoms with Crippen LogP contribution >= 0.6 is 12.4 Å². The maximum absolute atomic E-state index is 5.83. The third kappa shape index (κ3) is 3.45. The minimum atomic E-state index is 0. The molecule has 1 N–H and O–H groups in total. The van der Waals surface area contributed by atoms with E-state index in [2.05, 4.69) is 18.3 Å². The summed E-state index contributed by atoms with van der Waals surface area (Å²) in [5.74, 6) is 2.24. The van der Waals surface area contributed by atoms with Crippen LogP contribution in [0.2, 0.25) is 0 Å². The Morgan fingerprint density at radius 1 is 1.32 bits per heavy atom. The number of ether oxygens (including phenoxy) is 3. The quantitative estimate of drug-likeness (QED) is 0.903. The standard InChI is InChI=1S/C14H21NO3.ClH/c1-4-7-15-11-8-10-5-6-12(16-2)14(17-3)13(10)18-9-11;/h5-6,11,15H,4,7-9H2,1-3H3;1H. The van der Waals surface area contributed by atoms with Crippen molar-refractivity contribution < 1.29 is 14.2 Å². The van der Waals surface area contributed by atoms with E-state index in [0.29, 0.717) is 18.4 Å². The number of fused-ring (bicyclic) bond motifs is 1. The van der Waals surface area contributed by atoms with E-state index in [1.165, 1.54) is 5.56 Å². The molecule has 1 unspecified atom stereocenters. The average molecular weight is 288 g/mol. The van der Waals surface area contributed by atoms with Crippen molar-refractivity contribution in [2.24, 2.45) is 0 Å². The monoisotopic (exact) mass is 287 g/mol. The second kappa shape index (κ2) is 7.46. The topological polar surface area (TPSA) is 39.7 Å². The number of methoxy groups -OCH3 is 2. The van der Waals surface area contributed by atoms with Gasteiger partial charge in [0.2, 0.25) is 5.75 Å². The molecule has 1 heterocycles. The molecule has 1 aliphatic rings. The first-order valence-electron chi connectivity index (χ1n) is 6.40. The Morgan fingerprint density at radius 2 is 2.11 bits per heavy atom. The van der Waals surface area contributed by atoms with Gasteiger partial charge >= 0.3 is 0 Å². The van der Waals surface area contributed by atoms with Gasteiger partial charge in [-0.25, -0.2) is 0 Å². The van der Waals surface area contributed by atoms with Crippen molar-refractivity contribution in [3.05, 3.63) is 17.7 Å². The van der Waals surface area contributed by atoms with E-state index in [1.54, 1.807) is 14.2 Å². The molecule has 4 nitrogen and oxygen atoms in total. The summed E-state index contributed by atoms with van der Waals surface area (Å²) in [5, 5.41) is 3.48. The van der Waals surface area contributed by atoms with Crippen LogP contribution in [0, 0.1) is 0 Å². The van der Waals surface area contributed by atoms with Crippen molar-refractivity contribution in [2.75, 3.05) is 27.4 Å². The third-order valence-electron chi connectivity index (χ3n) is 3.16. The van der Waals surface area contributed by atoms with Crippen LogP contribution in [-0.2, 0) is 6.42 Å². The molecule has 1 aliphatic heterocycles. The number of nitrogens with one attached hydrogen (secondary N) is 1. The Kier molecular flexibility index (Phi) is 6.25. The lowest BCUT2D eigenvalue weighted by molar-refractivity contribution is 0.224. The summed E-state index contributed by atoms with van der Waals surface area (Å²) in [7, 11) is 3.28.